The van der Waals surface area contributed by atoms with Gasteiger partial charge in [-0.05, 0) is 18.6 Å². The highest BCUT2D eigenvalue weighted by Gasteiger charge is 2.07. The third kappa shape index (κ3) is 2.90. The summed E-state index contributed by atoms with van der Waals surface area (Å²) in [6.45, 7) is 1.57. The molecule has 0 heterocycles. The fraction of sp³-hybridized carbons (Fsp3) is 0.300. The molecule has 3 nitrogen and oxygen atoms in total. The van der Waals surface area contributed by atoms with Crippen molar-refractivity contribution < 1.29 is 13.6 Å². The second-order valence-electron chi connectivity index (χ2n) is 3.13. The Morgan fingerprint density at radius 1 is 1.33 bits per heavy atom. The highest BCUT2D eigenvalue weighted by Crippen LogP contribution is 2.13. The zero-order valence-corrected chi connectivity index (χ0v) is 8.53. The van der Waals surface area contributed by atoms with Crippen LogP contribution in [-0.4, -0.2) is 13.1 Å². The maximum absolute atomic E-state index is 13.2. The number of aryl methyl sites for hydroxylation is 1. The summed E-state index contributed by atoms with van der Waals surface area (Å²) in [5.74, 6) is -1.24. The van der Waals surface area contributed by atoms with Crippen molar-refractivity contribution in [1.82, 2.24) is 10.6 Å². The molecule has 0 aromatic heterocycles. The van der Waals surface area contributed by atoms with Crippen LogP contribution < -0.4 is 10.6 Å². The number of halogens is 2. The second-order valence-corrected chi connectivity index (χ2v) is 3.13. The second kappa shape index (κ2) is 4.72. The average molecular weight is 214 g/mol. The first-order valence-electron chi connectivity index (χ1n) is 4.44. The molecule has 0 bridgehead atoms. The van der Waals surface area contributed by atoms with Gasteiger partial charge in [0.2, 0.25) is 0 Å². The van der Waals surface area contributed by atoms with E-state index < -0.39 is 17.7 Å². The van der Waals surface area contributed by atoms with Crippen molar-refractivity contribution in [2.45, 2.75) is 13.5 Å². The van der Waals surface area contributed by atoms with Crippen molar-refractivity contribution in [1.29, 1.82) is 0 Å². The lowest BCUT2D eigenvalue weighted by atomic mass is 10.1. The highest BCUT2D eigenvalue weighted by molar-refractivity contribution is 5.73. The molecule has 0 atom stereocenters. The zero-order valence-electron chi connectivity index (χ0n) is 8.53. The minimum Gasteiger partial charge on any atom is -0.341 e. The first-order chi connectivity index (χ1) is 7.04. The summed E-state index contributed by atoms with van der Waals surface area (Å²) in [6, 6.07) is 1.79. The number of carbonyl (C=O) groups excluding carboxylic acids is 1. The molecular weight excluding hydrogens is 202 g/mol. The van der Waals surface area contributed by atoms with E-state index in [9.17, 15) is 13.6 Å². The van der Waals surface area contributed by atoms with Crippen LogP contribution in [0.25, 0.3) is 0 Å². The molecule has 0 unspecified atom stereocenters. The van der Waals surface area contributed by atoms with Gasteiger partial charge in [-0.2, -0.15) is 0 Å². The van der Waals surface area contributed by atoms with Gasteiger partial charge in [0, 0.05) is 25.2 Å². The summed E-state index contributed by atoms with van der Waals surface area (Å²) in [6.07, 6.45) is 0. The lowest BCUT2D eigenvalue weighted by molar-refractivity contribution is 0.242. The van der Waals surface area contributed by atoms with Gasteiger partial charge in [0.05, 0.1) is 0 Å². The zero-order chi connectivity index (χ0) is 11.4. The van der Waals surface area contributed by atoms with Crippen LogP contribution in [0.4, 0.5) is 13.6 Å². The number of urea groups is 1. The van der Waals surface area contributed by atoms with Gasteiger partial charge in [-0.15, -0.1) is 0 Å². The number of benzene rings is 1. The van der Waals surface area contributed by atoms with Gasteiger partial charge in [0.15, 0.2) is 0 Å². The number of hydrogen-bond acceptors (Lipinski definition) is 1. The minimum absolute atomic E-state index is 0.0344. The molecule has 0 radical (unpaired) electrons. The summed E-state index contributed by atoms with van der Waals surface area (Å²) in [7, 11) is 1.46. The fourth-order valence-electron chi connectivity index (χ4n) is 1.12. The minimum atomic E-state index is -0.658. The van der Waals surface area contributed by atoms with E-state index >= 15 is 0 Å². The molecule has 0 aliphatic heterocycles. The Bertz CT molecular complexity index is 380. The first kappa shape index (κ1) is 11.4. The standard InChI is InChI=1S/C10H12F2N2O/c1-6-3-7(5-14-10(15)13-2)9(12)4-8(6)11/h3-4H,5H2,1-2H3,(H2,13,14,15). The summed E-state index contributed by atoms with van der Waals surface area (Å²) in [4.78, 5) is 10.8. The van der Waals surface area contributed by atoms with Gasteiger partial charge in [-0.3, -0.25) is 0 Å². The van der Waals surface area contributed by atoms with Gasteiger partial charge >= 0.3 is 6.03 Å². The summed E-state index contributed by atoms with van der Waals surface area (Å²) in [5.41, 5.74) is 0.614. The predicted molar refractivity (Wildman–Crippen MR) is 52.4 cm³/mol. The van der Waals surface area contributed by atoms with Crippen LogP contribution in [0.3, 0.4) is 0 Å². The molecule has 0 spiro atoms. The third-order valence-electron chi connectivity index (χ3n) is 1.99. The van der Waals surface area contributed by atoms with Crippen molar-refractivity contribution >= 4 is 6.03 Å². The van der Waals surface area contributed by atoms with E-state index in [-0.39, 0.29) is 12.1 Å². The van der Waals surface area contributed by atoms with Crippen LogP contribution in [0.5, 0.6) is 0 Å². The number of rotatable bonds is 2. The van der Waals surface area contributed by atoms with Crippen LogP contribution in [0.1, 0.15) is 11.1 Å². The SMILES string of the molecule is CNC(=O)NCc1cc(C)c(F)cc1F. The number of amides is 2. The fourth-order valence-corrected chi connectivity index (χ4v) is 1.12. The first-order valence-corrected chi connectivity index (χ1v) is 4.44. The normalized spacial score (nSPS) is 9.87. The monoisotopic (exact) mass is 214 g/mol. The molecule has 1 rings (SSSR count). The Morgan fingerprint density at radius 3 is 2.60 bits per heavy atom. The van der Waals surface area contributed by atoms with Crippen LogP contribution in [0.15, 0.2) is 12.1 Å². The summed E-state index contributed by atoms with van der Waals surface area (Å²) in [5, 5.41) is 4.76. The van der Waals surface area contributed by atoms with Crippen molar-refractivity contribution in [2.24, 2.45) is 0 Å². The molecule has 15 heavy (non-hydrogen) atoms. The molecule has 0 fully saturated rings. The molecule has 0 aliphatic rings. The van der Waals surface area contributed by atoms with Crippen molar-refractivity contribution in [2.75, 3.05) is 7.05 Å². The Labute approximate surface area is 86.5 Å². The molecular formula is C10H12F2N2O. The number of hydrogen-bond donors (Lipinski definition) is 2. The molecule has 1 aromatic carbocycles. The average Bonchev–Trinajstić information content (AvgIpc) is 2.21. The predicted octanol–water partition coefficient (Wildman–Crippen LogP) is 1.70. The molecule has 0 saturated carbocycles. The maximum Gasteiger partial charge on any atom is 0.314 e. The molecule has 0 aliphatic carbocycles. The maximum atomic E-state index is 13.2. The Hall–Kier alpha value is -1.65. The van der Waals surface area contributed by atoms with Gasteiger partial charge < -0.3 is 10.6 Å². The third-order valence-corrected chi connectivity index (χ3v) is 1.99. The van der Waals surface area contributed by atoms with Crippen LogP contribution in [-0.2, 0) is 6.54 Å². The lowest BCUT2D eigenvalue weighted by Crippen LogP contribution is -2.32. The molecule has 2 N–H and O–H groups in total. The largest absolute Gasteiger partial charge is 0.341 e. The van der Waals surface area contributed by atoms with Crippen molar-refractivity contribution in [3.8, 4) is 0 Å². The summed E-state index contributed by atoms with van der Waals surface area (Å²) < 4.78 is 26.1. The highest BCUT2D eigenvalue weighted by atomic mass is 19.1. The lowest BCUT2D eigenvalue weighted by Gasteiger charge is -2.07. The Morgan fingerprint density at radius 2 is 2.00 bits per heavy atom. The van der Waals surface area contributed by atoms with Crippen molar-refractivity contribution in [3.05, 3.63) is 34.9 Å². The quantitative estimate of drug-likeness (QED) is 0.773. The number of carbonyl (C=O) groups is 1. The Balaban J connectivity index is 2.77. The van der Waals surface area contributed by atoms with E-state index in [1.54, 1.807) is 0 Å². The van der Waals surface area contributed by atoms with E-state index in [2.05, 4.69) is 10.6 Å². The number of nitrogens with one attached hydrogen (secondary N) is 2. The molecule has 82 valence electrons. The van der Waals surface area contributed by atoms with Crippen LogP contribution in [0, 0.1) is 18.6 Å². The van der Waals surface area contributed by atoms with Crippen LogP contribution >= 0.6 is 0 Å². The topological polar surface area (TPSA) is 41.1 Å². The molecule has 5 heteroatoms. The van der Waals surface area contributed by atoms with E-state index in [0.717, 1.165) is 6.07 Å². The van der Waals surface area contributed by atoms with Gasteiger partial charge in [0.1, 0.15) is 11.6 Å². The van der Waals surface area contributed by atoms with Crippen molar-refractivity contribution in [3.63, 3.8) is 0 Å². The van der Waals surface area contributed by atoms with E-state index in [4.69, 9.17) is 0 Å². The van der Waals surface area contributed by atoms with Gasteiger partial charge in [-0.25, -0.2) is 13.6 Å². The molecule has 0 saturated heterocycles. The van der Waals surface area contributed by atoms with E-state index in [1.165, 1.54) is 20.0 Å². The van der Waals surface area contributed by atoms with Crippen LogP contribution in [0.2, 0.25) is 0 Å². The summed E-state index contributed by atoms with van der Waals surface area (Å²) >= 11 is 0. The van der Waals surface area contributed by atoms with E-state index in [0.29, 0.717) is 5.56 Å². The van der Waals surface area contributed by atoms with Gasteiger partial charge in [0.25, 0.3) is 0 Å². The Kier molecular flexibility index (Phi) is 3.60. The molecule has 1 aromatic rings. The van der Waals surface area contributed by atoms with E-state index in [1.807, 2.05) is 0 Å². The molecule has 2 amide bonds. The smallest absolute Gasteiger partial charge is 0.314 e. The van der Waals surface area contributed by atoms with Gasteiger partial charge in [-0.1, -0.05) is 0 Å².